The maximum absolute atomic E-state index is 12.9. The van der Waals surface area contributed by atoms with Crippen molar-refractivity contribution in [3.8, 4) is 0 Å². The highest BCUT2D eigenvalue weighted by molar-refractivity contribution is 7.47. The van der Waals surface area contributed by atoms with E-state index in [0.717, 1.165) is 161 Å². The van der Waals surface area contributed by atoms with E-state index < -0.39 is 57.8 Å². The largest absolute Gasteiger partial charge is 0.472 e. The number of ether oxygens (including phenoxy) is 3. The fourth-order valence-electron chi connectivity index (χ4n) is 7.53. The molecule has 0 aliphatic rings. The summed E-state index contributed by atoms with van der Waals surface area (Å²) in [7, 11) is -4.76. The van der Waals surface area contributed by atoms with Crippen molar-refractivity contribution in [3.05, 3.63) is 97.2 Å². The molecular formula is C62H105O11P. The molecule has 0 radical (unpaired) electrons. The van der Waals surface area contributed by atoms with Crippen molar-refractivity contribution >= 4 is 25.7 Å². The van der Waals surface area contributed by atoms with Crippen LogP contribution in [0.3, 0.4) is 0 Å². The molecule has 0 aromatic carbocycles. The number of carbonyl (C=O) groups excluding carboxylic acids is 3. The van der Waals surface area contributed by atoms with E-state index in [9.17, 15) is 28.9 Å². The van der Waals surface area contributed by atoms with Crippen LogP contribution in [-0.4, -0.2) is 66.5 Å². The zero-order chi connectivity index (χ0) is 54.1. The van der Waals surface area contributed by atoms with Crippen molar-refractivity contribution < 1.29 is 52.2 Å². The number of rotatable bonds is 53. The van der Waals surface area contributed by atoms with Crippen LogP contribution in [0.25, 0.3) is 0 Å². The Bertz CT molecular complexity index is 1610. The molecule has 74 heavy (non-hydrogen) atoms. The number of unbranched alkanes of at least 4 members (excludes halogenated alkanes) is 20. The molecule has 0 rings (SSSR count). The average Bonchev–Trinajstić information content (AvgIpc) is 3.39. The Morgan fingerprint density at radius 1 is 0.392 bits per heavy atom. The van der Waals surface area contributed by atoms with Gasteiger partial charge in [0.25, 0.3) is 0 Å². The number of phosphoric acid groups is 1. The van der Waals surface area contributed by atoms with Crippen molar-refractivity contribution in [1.29, 1.82) is 0 Å². The van der Waals surface area contributed by atoms with Crippen LogP contribution in [0, 0.1) is 0 Å². The molecule has 424 valence electrons. The van der Waals surface area contributed by atoms with Gasteiger partial charge in [0.15, 0.2) is 6.10 Å². The highest BCUT2D eigenvalue weighted by Crippen LogP contribution is 2.43. The van der Waals surface area contributed by atoms with Gasteiger partial charge in [-0.1, -0.05) is 201 Å². The standard InChI is InChI=1S/C62H105O11P/c1-4-7-10-13-16-19-22-25-27-28-29-30-32-35-38-41-44-47-50-53-62(66)73-59(55-69-60(64)51-48-45-42-39-36-34-31-26-23-20-17-14-11-8-5-2)57-71-74(67,68)70-56-58(54-63)72-61(65)52-49-46-43-40-37-33-24-21-18-15-12-9-6-3/h7,10,12,15-17,19-21,24-27,29-31,58-59,63H,4-6,8-9,11,13-14,18,22-23,28,32-57H2,1-3H3,(H,67,68)/b10-7-,15-12-,19-16-,20-17-,24-21-,27-25-,30-29-,31-26-. The molecular weight excluding hydrogens is 952 g/mol. The highest BCUT2D eigenvalue weighted by atomic mass is 31.2. The van der Waals surface area contributed by atoms with Crippen LogP contribution in [-0.2, 0) is 42.2 Å². The van der Waals surface area contributed by atoms with Crippen LogP contribution in [0.4, 0.5) is 0 Å². The van der Waals surface area contributed by atoms with Gasteiger partial charge in [0.1, 0.15) is 12.7 Å². The summed E-state index contributed by atoms with van der Waals surface area (Å²) < 4.78 is 39.5. The first-order chi connectivity index (χ1) is 36.2. The van der Waals surface area contributed by atoms with E-state index in [-0.39, 0.29) is 25.9 Å². The van der Waals surface area contributed by atoms with Gasteiger partial charge in [0.05, 0.1) is 19.8 Å². The third-order valence-electron chi connectivity index (χ3n) is 11.9. The molecule has 0 amide bonds. The second kappa shape index (κ2) is 55.6. The lowest BCUT2D eigenvalue weighted by atomic mass is 10.1. The summed E-state index contributed by atoms with van der Waals surface area (Å²) in [5.74, 6) is -1.52. The Labute approximate surface area is 451 Å². The zero-order valence-corrected chi connectivity index (χ0v) is 47.7. The number of phosphoric ester groups is 1. The summed E-state index contributed by atoms with van der Waals surface area (Å²) in [4.78, 5) is 48.6. The van der Waals surface area contributed by atoms with Crippen molar-refractivity contribution in [2.24, 2.45) is 0 Å². The van der Waals surface area contributed by atoms with E-state index in [1.807, 2.05) is 0 Å². The van der Waals surface area contributed by atoms with Gasteiger partial charge in [-0.05, 0) is 116 Å². The first-order valence-electron chi connectivity index (χ1n) is 29.1. The van der Waals surface area contributed by atoms with Gasteiger partial charge in [-0.3, -0.25) is 23.4 Å². The van der Waals surface area contributed by atoms with Crippen molar-refractivity contribution in [2.75, 3.05) is 26.4 Å². The fourth-order valence-corrected chi connectivity index (χ4v) is 8.32. The number of carbonyl (C=O) groups is 3. The SMILES string of the molecule is CC/C=C\C/C=C\C/C=C\C/C=C\CCCCCCCCC(=O)OC(COC(=O)CCCCCCC/C=C\C/C=C\CCCCC)COP(=O)(O)OCC(CO)OC(=O)CCCCCCC/C=C\C/C=C\CCC. The maximum Gasteiger partial charge on any atom is 0.472 e. The van der Waals surface area contributed by atoms with E-state index in [1.54, 1.807) is 0 Å². The summed E-state index contributed by atoms with van der Waals surface area (Å²) in [6.45, 7) is 4.39. The third kappa shape index (κ3) is 53.2. The predicted octanol–water partition coefficient (Wildman–Crippen LogP) is 17.3. The van der Waals surface area contributed by atoms with Crippen LogP contribution < -0.4 is 0 Å². The summed E-state index contributed by atoms with van der Waals surface area (Å²) in [5, 5.41) is 9.81. The predicted molar refractivity (Wildman–Crippen MR) is 307 cm³/mol. The monoisotopic (exact) mass is 1060 g/mol. The van der Waals surface area contributed by atoms with E-state index in [4.69, 9.17) is 23.3 Å². The lowest BCUT2D eigenvalue weighted by Crippen LogP contribution is -2.30. The maximum atomic E-state index is 12.9. The van der Waals surface area contributed by atoms with Crippen LogP contribution in [0.5, 0.6) is 0 Å². The topological polar surface area (TPSA) is 155 Å². The van der Waals surface area contributed by atoms with Crippen molar-refractivity contribution in [2.45, 2.75) is 251 Å². The summed E-state index contributed by atoms with van der Waals surface area (Å²) in [5.41, 5.74) is 0. The molecule has 3 atom stereocenters. The molecule has 0 bridgehead atoms. The Morgan fingerprint density at radius 2 is 0.730 bits per heavy atom. The molecule has 0 spiro atoms. The number of aliphatic hydroxyl groups is 1. The van der Waals surface area contributed by atoms with Gasteiger partial charge in [-0.15, -0.1) is 0 Å². The molecule has 0 aliphatic heterocycles. The Hall–Kier alpha value is -3.60. The first kappa shape index (κ1) is 70.4. The highest BCUT2D eigenvalue weighted by Gasteiger charge is 2.28. The number of aliphatic hydroxyl groups excluding tert-OH is 1. The molecule has 2 N–H and O–H groups in total. The Morgan fingerprint density at radius 3 is 1.14 bits per heavy atom. The van der Waals surface area contributed by atoms with E-state index in [1.165, 1.54) is 19.3 Å². The minimum atomic E-state index is -4.76. The summed E-state index contributed by atoms with van der Waals surface area (Å²) >= 11 is 0. The number of esters is 3. The molecule has 0 saturated heterocycles. The molecule has 0 heterocycles. The van der Waals surface area contributed by atoms with Gasteiger partial charge in [-0.25, -0.2) is 4.57 Å². The molecule has 0 aliphatic carbocycles. The Balaban J connectivity index is 4.79. The van der Waals surface area contributed by atoms with Crippen LogP contribution in [0.15, 0.2) is 97.2 Å². The summed E-state index contributed by atoms with van der Waals surface area (Å²) in [6.07, 6.45) is 65.0. The minimum absolute atomic E-state index is 0.143. The van der Waals surface area contributed by atoms with Gasteiger partial charge >= 0.3 is 25.7 Å². The third-order valence-corrected chi connectivity index (χ3v) is 12.9. The molecule has 0 fully saturated rings. The van der Waals surface area contributed by atoms with Gasteiger partial charge in [0.2, 0.25) is 0 Å². The van der Waals surface area contributed by atoms with Crippen molar-refractivity contribution in [1.82, 2.24) is 0 Å². The minimum Gasteiger partial charge on any atom is -0.462 e. The molecule has 0 aromatic heterocycles. The zero-order valence-electron chi connectivity index (χ0n) is 46.8. The van der Waals surface area contributed by atoms with Gasteiger partial charge in [-0.2, -0.15) is 0 Å². The quantitative estimate of drug-likeness (QED) is 0.0197. The van der Waals surface area contributed by atoms with Crippen LogP contribution in [0.1, 0.15) is 239 Å². The molecule has 0 aromatic rings. The number of allylic oxidation sites excluding steroid dienone is 16. The fraction of sp³-hybridized carbons (Fsp3) is 0.694. The van der Waals surface area contributed by atoms with Gasteiger partial charge in [0, 0.05) is 19.3 Å². The molecule has 12 heteroatoms. The molecule has 0 saturated carbocycles. The normalized spacial score (nSPS) is 14.1. The van der Waals surface area contributed by atoms with Gasteiger partial charge < -0.3 is 24.2 Å². The van der Waals surface area contributed by atoms with Crippen LogP contribution in [0.2, 0.25) is 0 Å². The van der Waals surface area contributed by atoms with E-state index >= 15 is 0 Å². The van der Waals surface area contributed by atoms with Crippen molar-refractivity contribution in [3.63, 3.8) is 0 Å². The Kier molecular flexibility index (Phi) is 52.9. The smallest absolute Gasteiger partial charge is 0.462 e. The average molecular weight is 1060 g/mol. The second-order valence-electron chi connectivity index (χ2n) is 19.1. The molecule has 11 nitrogen and oxygen atoms in total. The number of hydrogen-bond acceptors (Lipinski definition) is 10. The number of hydrogen-bond donors (Lipinski definition) is 2. The lowest BCUT2D eigenvalue weighted by molar-refractivity contribution is -0.161. The second-order valence-corrected chi connectivity index (χ2v) is 20.5. The summed E-state index contributed by atoms with van der Waals surface area (Å²) in [6, 6.07) is 0. The van der Waals surface area contributed by atoms with E-state index in [0.29, 0.717) is 19.3 Å². The van der Waals surface area contributed by atoms with Crippen LogP contribution >= 0.6 is 7.82 Å². The molecule has 3 unspecified atom stereocenters. The van der Waals surface area contributed by atoms with E-state index in [2.05, 4.69) is 118 Å². The first-order valence-corrected chi connectivity index (χ1v) is 30.6. The lowest BCUT2D eigenvalue weighted by Gasteiger charge is -2.21.